The number of benzene rings is 10. The molecule has 2 heteroatoms. The monoisotopic (exact) mass is 738 g/mol. The maximum Gasteiger partial charge on any atom is 0.0546 e. The first-order valence-corrected chi connectivity index (χ1v) is 19.9. The van der Waals surface area contributed by atoms with Crippen LogP contribution in [0.2, 0.25) is 0 Å². The van der Waals surface area contributed by atoms with E-state index < -0.39 is 0 Å². The van der Waals surface area contributed by atoms with Crippen molar-refractivity contribution in [2.24, 2.45) is 0 Å². The highest BCUT2D eigenvalue weighted by Gasteiger charge is 2.23. The molecular weight excluding hydrogens is 701 g/mol. The minimum atomic E-state index is 1.07. The molecule has 0 saturated carbocycles. The van der Waals surface area contributed by atoms with Crippen LogP contribution in [0.5, 0.6) is 0 Å². The van der Waals surface area contributed by atoms with E-state index in [2.05, 4.69) is 240 Å². The number of hydrogen-bond donors (Lipinski definition) is 0. The van der Waals surface area contributed by atoms with Gasteiger partial charge in [0.2, 0.25) is 0 Å². The second-order valence-electron chi connectivity index (χ2n) is 14.9. The van der Waals surface area contributed by atoms with E-state index >= 15 is 0 Å². The zero-order valence-corrected chi connectivity index (χ0v) is 31.8. The van der Waals surface area contributed by atoms with E-state index in [0.29, 0.717) is 0 Å². The molecular formula is C56H38N2. The molecule has 1 heterocycles. The molecule has 0 saturated heterocycles. The number of anilines is 3. The molecule has 11 aromatic rings. The van der Waals surface area contributed by atoms with Gasteiger partial charge >= 0.3 is 0 Å². The normalized spacial score (nSPS) is 11.4. The van der Waals surface area contributed by atoms with E-state index in [0.717, 1.165) is 22.7 Å². The van der Waals surface area contributed by atoms with Crippen LogP contribution >= 0.6 is 0 Å². The van der Waals surface area contributed by atoms with E-state index in [1.54, 1.807) is 0 Å². The van der Waals surface area contributed by atoms with Gasteiger partial charge < -0.3 is 9.47 Å². The number of fused-ring (bicyclic) bond motifs is 5. The van der Waals surface area contributed by atoms with Gasteiger partial charge in [0.25, 0.3) is 0 Å². The van der Waals surface area contributed by atoms with Crippen molar-refractivity contribution in [3.63, 3.8) is 0 Å². The van der Waals surface area contributed by atoms with Gasteiger partial charge in [-0.3, -0.25) is 0 Å². The van der Waals surface area contributed by atoms with Crippen LogP contribution in [-0.4, -0.2) is 4.57 Å². The average Bonchev–Trinajstić information content (AvgIpc) is 3.64. The Morgan fingerprint density at radius 1 is 0.310 bits per heavy atom. The van der Waals surface area contributed by atoms with Crippen LogP contribution in [0.4, 0.5) is 17.1 Å². The summed E-state index contributed by atoms with van der Waals surface area (Å²) in [5, 5.41) is 7.39. The molecule has 0 aliphatic carbocycles. The Bertz CT molecular complexity index is 3220. The zero-order valence-electron chi connectivity index (χ0n) is 31.8. The number of para-hydroxylation sites is 2. The maximum absolute atomic E-state index is 2.45. The quantitative estimate of drug-likeness (QED) is 0.158. The molecule has 0 aliphatic rings. The Balaban J connectivity index is 1.19. The molecule has 0 radical (unpaired) electrons. The van der Waals surface area contributed by atoms with Gasteiger partial charge in [0.05, 0.1) is 16.7 Å². The van der Waals surface area contributed by atoms with Crippen molar-refractivity contribution in [2.45, 2.75) is 0 Å². The summed E-state index contributed by atoms with van der Waals surface area (Å²) in [6.07, 6.45) is 0. The van der Waals surface area contributed by atoms with Crippen LogP contribution < -0.4 is 4.90 Å². The topological polar surface area (TPSA) is 8.17 Å². The Hall–Kier alpha value is -7.68. The lowest BCUT2D eigenvalue weighted by Crippen LogP contribution is -2.12. The van der Waals surface area contributed by atoms with Crippen molar-refractivity contribution in [1.82, 2.24) is 4.57 Å². The molecule has 2 nitrogen and oxygen atoms in total. The molecule has 0 unspecified atom stereocenters. The highest BCUT2D eigenvalue weighted by Crippen LogP contribution is 2.48. The second-order valence-corrected chi connectivity index (χ2v) is 14.9. The SMILES string of the molecule is c1ccc(-c2ccc(N(c3cccc(-n4c5ccccc5c5ccccc54)c3)c3cccc(-c4cccc5ccccc45)c3-c3ccc4ccccc4c3)cc2)cc1. The summed E-state index contributed by atoms with van der Waals surface area (Å²) in [5.74, 6) is 0. The third-order valence-corrected chi connectivity index (χ3v) is 11.6. The molecule has 0 bridgehead atoms. The number of aromatic nitrogens is 1. The maximum atomic E-state index is 2.45. The summed E-state index contributed by atoms with van der Waals surface area (Å²) in [7, 11) is 0. The summed E-state index contributed by atoms with van der Waals surface area (Å²) in [6.45, 7) is 0. The molecule has 58 heavy (non-hydrogen) atoms. The van der Waals surface area contributed by atoms with Crippen molar-refractivity contribution in [3.05, 3.63) is 231 Å². The van der Waals surface area contributed by atoms with Crippen molar-refractivity contribution in [2.75, 3.05) is 4.90 Å². The zero-order chi connectivity index (χ0) is 38.4. The van der Waals surface area contributed by atoms with E-state index in [1.807, 2.05) is 0 Å². The predicted octanol–water partition coefficient (Wildman–Crippen LogP) is 15.6. The van der Waals surface area contributed by atoms with E-state index in [-0.39, 0.29) is 0 Å². The molecule has 10 aromatic carbocycles. The van der Waals surface area contributed by atoms with E-state index in [1.165, 1.54) is 76.7 Å². The van der Waals surface area contributed by atoms with Gasteiger partial charge in [0.1, 0.15) is 0 Å². The van der Waals surface area contributed by atoms with Gasteiger partial charge in [-0.1, -0.05) is 176 Å². The third-order valence-electron chi connectivity index (χ3n) is 11.6. The standard InChI is InChI=1S/C56H38N2/c1-2-15-39(16-3-1)41-33-35-45(36-34-41)57(46-21-13-22-47(38-46)58-53-28-10-8-24-50(53)51-25-9-11-29-54(51)58)55-30-14-27-52(49-26-12-20-42-18-6-7-23-48(42)49)56(55)44-32-31-40-17-4-5-19-43(40)37-44/h1-38H. The van der Waals surface area contributed by atoms with Crippen LogP contribution in [0.3, 0.4) is 0 Å². The minimum absolute atomic E-state index is 1.07. The number of rotatable bonds is 7. The van der Waals surface area contributed by atoms with Crippen molar-refractivity contribution < 1.29 is 0 Å². The molecule has 1 aromatic heterocycles. The summed E-state index contributed by atoms with van der Waals surface area (Å²) in [4.78, 5) is 2.45. The van der Waals surface area contributed by atoms with Gasteiger partial charge in [-0.25, -0.2) is 0 Å². The Morgan fingerprint density at radius 2 is 0.879 bits per heavy atom. The first kappa shape index (κ1) is 33.6. The first-order chi connectivity index (χ1) is 28.8. The fraction of sp³-hybridized carbons (Fsp3) is 0. The number of hydrogen-bond acceptors (Lipinski definition) is 1. The molecule has 11 rings (SSSR count). The molecule has 0 atom stereocenters. The highest BCUT2D eigenvalue weighted by atomic mass is 15.1. The smallest absolute Gasteiger partial charge is 0.0546 e. The molecule has 0 amide bonds. The summed E-state index contributed by atoms with van der Waals surface area (Å²) < 4.78 is 2.40. The Labute approximate surface area is 338 Å². The molecule has 0 spiro atoms. The van der Waals surface area contributed by atoms with Gasteiger partial charge in [-0.2, -0.15) is 0 Å². The average molecular weight is 739 g/mol. The lowest BCUT2D eigenvalue weighted by molar-refractivity contribution is 1.17. The van der Waals surface area contributed by atoms with Gasteiger partial charge in [-0.15, -0.1) is 0 Å². The summed E-state index contributed by atoms with van der Waals surface area (Å²) >= 11 is 0. The van der Waals surface area contributed by atoms with Crippen LogP contribution in [0, 0.1) is 0 Å². The van der Waals surface area contributed by atoms with Crippen LogP contribution in [0.1, 0.15) is 0 Å². The van der Waals surface area contributed by atoms with Crippen LogP contribution in [-0.2, 0) is 0 Å². The summed E-state index contributed by atoms with van der Waals surface area (Å²) in [5.41, 5.74) is 13.9. The van der Waals surface area contributed by atoms with Crippen molar-refractivity contribution in [1.29, 1.82) is 0 Å². The molecule has 0 fully saturated rings. The lowest BCUT2D eigenvalue weighted by Gasteiger charge is -2.30. The predicted molar refractivity (Wildman–Crippen MR) is 247 cm³/mol. The van der Waals surface area contributed by atoms with Gasteiger partial charge in [-0.05, 0) is 104 Å². The fourth-order valence-corrected chi connectivity index (χ4v) is 8.89. The van der Waals surface area contributed by atoms with Crippen LogP contribution in [0.25, 0.3) is 82.4 Å². The lowest BCUT2D eigenvalue weighted by atomic mass is 9.89. The first-order valence-electron chi connectivity index (χ1n) is 19.9. The van der Waals surface area contributed by atoms with E-state index in [9.17, 15) is 0 Å². The number of nitrogens with zero attached hydrogens (tertiary/aromatic N) is 2. The fourth-order valence-electron chi connectivity index (χ4n) is 8.89. The highest BCUT2D eigenvalue weighted by molar-refractivity contribution is 6.10. The Morgan fingerprint density at radius 3 is 1.66 bits per heavy atom. The Kier molecular flexibility index (Phi) is 8.19. The molecule has 272 valence electrons. The minimum Gasteiger partial charge on any atom is -0.310 e. The van der Waals surface area contributed by atoms with E-state index in [4.69, 9.17) is 0 Å². The van der Waals surface area contributed by atoms with Crippen molar-refractivity contribution >= 4 is 60.4 Å². The van der Waals surface area contributed by atoms with Crippen LogP contribution in [0.15, 0.2) is 231 Å². The second kappa shape index (κ2) is 14.1. The molecule has 0 aliphatic heterocycles. The van der Waals surface area contributed by atoms with Gasteiger partial charge in [0.15, 0.2) is 0 Å². The van der Waals surface area contributed by atoms with Gasteiger partial charge in [0, 0.05) is 33.4 Å². The summed E-state index contributed by atoms with van der Waals surface area (Å²) in [6, 6.07) is 83.9. The van der Waals surface area contributed by atoms with Crippen molar-refractivity contribution in [3.8, 4) is 39.1 Å². The molecule has 0 N–H and O–H groups in total. The third kappa shape index (κ3) is 5.74. The largest absolute Gasteiger partial charge is 0.310 e.